The SMILES string of the molecule is FC1(F)CN(Cc2nc(-c3cccc(Cl)c3)no2)Cc2ccccc21. The topological polar surface area (TPSA) is 42.2 Å². The number of nitrogens with zero attached hydrogens (tertiary/aromatic N) is 3. The fraction of sp³-hybridized carbons (Fsp3) is 0.222. The third kappa shape index (κ3) is 3.27. The molecule has 3 aromatic rings. The van der Waals surface area contributed by atoms with E-state index in [1.165, 1.54) is 6.07 Å². The van der Waals surface area contributed by atoms with Crippen LogP contribution in [0.25, 0.3) is 11.4 Å². The summed E-state index contributed by atoms with van der Waals surface area (Å²) in [5, 5.41) is 4.48. The number of hydrogen-bond donors (Lipinski definition) is 0. The zero-order chi connectivity index (χ0) is 17.4. The van der Waals surface area contributed by atoms with E-state index in [9.17, 15) is 8.78 Å². The third-order valence-corrected chi connectivity index (χ3v) is 4.37. The van der Waals surface area contributed by atoms with Crippen LogP contribution in [0.1, 0.15) is 17.0 Å². The van der Waals surface area contributed by atoms with Gasteiger partial charge in [0.2, 0.25) is 11.7 Å². The van der Waals surface area contributed by atoms with Gasteiger partial charge in [-0.3, -0.25) is 4.90 Å². The molecule has 0 radical (unpaired) electrons. The van der Waals surface area contributed by atoms with E-state index in [4.69, 9.17) is 16.1 Å². The van der Waals surface area contributed by atoms with Crippen molar-refractivity contribution < 1.29 is 13.3 Å². The number of benzene rings is 2. The molecular weight excluding hydrogens is 348 g/mol. The molecular formula is C18H14ClF2N3O. The van der Waals surface area contributed by atoms with Gasteiger partial charge in [0.1, 0.15) is 0 Å². The fourth-order valence-corrected chi connectivity index (χ4v) is 3.24. The molecule has 0 fully saturated rings. The Bertz CT molecular complexity index is 913. The van der Waals surface area contributed by atoms with Crippen molar-refractivity contribution >= 4 is 11.6 Å². The Labute approximate surface area is 148 Å². The zero-order valence-electron chi connectivity index (χ0n) is 13.1. The predicted octanol–water partition coefficient (Wildman–Crippen LogP) is 4.50. The molecule has 4 rings (SSSR count). The van der Waals surface area contributed by atoms with E-state index in [1.807, 2.05) is 6.07 Å². The number of halogens is 3. The molecule has 1 aromatic heterocycles. The van der Waals surface area contributed by atoms with E-state index < -0.39 is 5.92 Å². The maximum atomic E-state index is 14.3. The van der Waals surface area contributed by atoms with Crippen molar-refractivity contribution in [2.24, 2.45) is 0 Å². The molecule has 7 heteroatoms. The highest BCUT2D eigenvalue weighted by atomic mass is 35.5. The zero-order valence-corrected chi connectivity index (χ0v) is 13.9. The minimum Gasteiger partial charge on any atom is -0.338 e. The van der Waals surface area contributed by atoms with E-state index in [0.717, 1.165) is 5.56 Å². The lowest BCUT2D eigenvalue weighted by molar-refractivity contribution is -0.0564. The molecule has 0 unspecified atom stereocenters. The Balaban J connectivity index is 1.54. The predicted molar refractivity (Wildman–Crippen MR) is 89.2 cm³/mol. The Morgan fingerprint density at radius 2 is 2.00 bits per heavy atom. The molecule has 2 aromatic carbocycles. The summed E-state index contributed by atoms with van der Waals surface area (Å²) in [4.78, 5) is 5.91. The van der Waals surface area contributed by atoms with Crippen molar-refractivity contribution in [3.63, 3.8) is 0 Å². The Hall–Kier alpha value is -2.31. The number of alkyl halides is 2. The fourth-order valence-electron chi connectivity index (χ4n) is 3.04. The van der Waals surface area contributed by atoms with Gasteiger partial charge < -0.3 is 4.52 Å². The van der Waals surface area contributed by atoms with E-state index in [-0.39, 0.29) is 18.7 Å². The molecule has 0 saturated heterocycles. The molecule has 1 aliphatic rings. The summed E-state index contributed by atoms with van der Waals surface area (Å²) in [5.74, 6) is -2.21. The van der Waals surface area contributed by atoms with Crippen molar-refractivity contribution in [3.8, 4) is 11.4 Å². The van der Waals surface area contributed by atoms with E-state index in [1.54, 1.807) is 41.3 Å². The second-order valence-corrected chi connectivity index (χ2v) is 6.47. The van der Waals surface area contributed by atoms with Gasteiger partial charge in [0.05, 0.1) is 13.1 Å². The Morgan fingerprint density at radius 3 is 2.84 bits per heavy atom. The van der Waals surface area contributed by atoms with E-state index in [0.29, 0.717) is 28.8 Å². The second kappa shape index (κ2) is 6.20. The van der Waals surface area contributed by atoms with Gasteiger partial charge in [-0.1, -0.05) is 53.2 Å². The summed E-state index contributed by atoms with van der Waals surface area (Å²) in [5.41, 5.74) is 1.43. The summed E-state index contributed by atoms with van der Waals surface area (Å²) >= 11 is 5.96. The highest BCUT2D eigenvalue weighted by molar-refractivity contribution is 6.30. The summed E-state index contributed by atoms with van der Waals surface area (Å²) < 4.78 is 33.9. The average molecular weight is 362 g/mol. The first kappa shape index (κ1) is 16.2. The van der Waals surface area contributed by atoms with Crippen LogP contribution in [0, 0.1) is 0 Å². The summed E-state index contributed by atoms with van der Waals surface area (Å²) in [6, 6.07) is 13.7. The van der Waals surface area contributed by atoms with Crippen LogP contribution in [0.15, 0.2) is 53.1 Å². The first-order chi connectivity index (χ1) is 12.0. The first-order valence-electron chi connectivity index (χ1n) is 7.78. The molecule has 2 heterocycles. The van der Waals surface area contributed by atoms with Crippen molar-refractivity contribution in [1.29, 1.82) is 0 Å². The number of aromatic nitrogens is 2. The summed E-state index contributed by atoms with van der Waals surface area (Å²) in [6.45, 7) is 0.205. The van der Waals surface area contributed by atoms with Crippen molar-refractivity contribution in [1.82, 2.24) is 15.0 Å². The molecule has 0 spiro atoms. The van der Waals surface area contributed by atoms with Crippen molar-refractivity contribution in [2.75, 3.05) is 6.54 Å². The quantitative estimate of drug-likeness (QED) is 0.689. The van der Waals surface area contributed by atoms with Crippen LogP contribution < -0.4 is 0 Å². The van der Waals surface area contributed by atoms with E-state index in [2.05, 4.69) is 10.1 Å². The standard InChI is InChI=1S/C18H14ClF2N3O/c19-14-6-3-5-12(8-14)17-22-16(25-23-17)10-24-9-13-4-1-2-7-15(13)18(20,21)11-24/h1-8H,9-11H2. The van der Waals surface area contributed by atoms with Gasteiger partial charge in [-0.25, -0.2) is 0 Å². The van der Waals surface area contributed by atoms with Gasteiger partial charge in [0.15, 0.2) is 0 Å². The molecule has 0 aliphatic carbocycles. The lowest BCUT2D eigenvalue weighted by atomic mass is 9.96. The van der Waals surface area contributed by atoms with Crippen LogP contribution in [-0.2, 0) is 19.0 Å². The van der Waals surface area contributed by atoms with Gasteiger partial charge in [-0.05, 0) is 17.7 Å². The minimum absolute atomic E-state index is 0.0939. The lowest BCUT2D eigenvalue weighted by Crippen LogP contribution is -2.40. The Kier molecular flexibility index (Phi) is 4.01. The second-order valence-electron chi connectivity index (χ2n) is 6.03. The summed E-state index contributed by atoms with van der Waals surface area (Å²) in [7, 11) is 0. The normalized spacial score (nSPS) is 16.6. The molecule has 0 atom stereocenters. The molecule has 0 N–H and O–H groups in total. The number of rotatable bonds is 3. The van der Waals surface area contributed by atoms with Crippen molar-refractivity contribution in [2.45, 2.75) is 19.0 Å². The molecule has 25 heavy (non-hydrogen) atoms. The van der Waals surface area contributed by atoms with Gasteiger partial charge in [0, 0.05) is 22.7 Å². The maximum Gasteiger partial charge on any atom is 0.285 e. The molecule has 0 bridgehead atoms. The molecule has 0 saturated carbocycles. The molecule has 0 amide bonds. The highest BCUT2D eigenvalue weighted by Gasteiger charge is 2.40. The third-order valence-electron chi connectivity index (χ3n) is 4.14. The van der Waals surface area contributed by atoms with Crippen LogP contribution in [0.3, 0.4) is 0 Å². The van der Waals surface area contributed by atoms with Crippen LogP contribution in [0.5, 0.6) is 0 Å². The minimum atomic E-state index is -2.90. The highest BCUT2D eigenvalue weighted by Crippen LogP contribution is 2.36. The smallest absolute Gasteiger partial charge is 0.285 e. The first-order valence-corrected chi connectivity index (χ1v) is 8.16. The maximum absolute atomic E-state index is 14.3. The summed E-state index contributed by atoms with van der Waals surface area (Å²) in [6.07, 6.45) is 0. The van der Waals surface area contributed by atoms with Crippen molar-refractivity contribution in [3.05, 3.63) is 70.6 Å². The van der Waals surface area contributed by atoms with Crippen LogP contribution in [0.4, 0.5) is 8.78 Å². The van der Waals surface area contributed by atoms with Gasteiger partial charge in [0.25, 0.3) is 5.92 Å². The molecule has 1 aliphatic heterocycles. The van der Waals surface area contributed by atoms with Gasteiger partial charge in [-0.2, -0.15) is 13.8 Å². The lowest BCUT2D eigenvalue weighted by Gasteiger charge is -2.33. The van der Waals surface area contributed by atoms with Gasteiger partial charge >= 0.3 is 0 Å². The number of fused-ring (bicyclic) bond motifs is 1. The Morgan fingerprint density at radius 1 is 1.16 bits per heavy atom. The van der Waals surface area contributed by atoms with Crippen LogP contribution in [-0.4, -0.2) is 21.6 Å². The largest absolute Gasteiger partial charge is 0.338 e. The number of hydrogen-bond acceptors (Lipinski definition) is 4. The van der Waals surface area contributed by atoms with Gasteiger partial charge in [-0.15, -0.1) is 0 Å². The monoisotopic (exact) mass is 361 g/mol. The average Bonchev–Trinajstić information content (AvgIpc) is 3.03. The van der Waals surface area contributed by atoms with E-state index >= 15 is 0 Å². The van der Waals surface area contributed by atoms with Crippen LogP contribution in [0.2, 0.25) is 5.02 Å². The molecule has 4 nitrogen and oxygen atoms in total. The van der Waals surface area contributed by atoms with Crippen LogP contribution >= 0.6 is 11.6 Å². The molecule has 128 valence electrons.